The second-order valence-corrected chi connectivity index (χ2v) is 8.95. The summed E-state index contributed by atoms with van der Waals surface area (Å²) < 4.78 is 0. The first-order valence-electron chi connectivity index (χ1n) is 10.3. The molecule has 3 aromatic rings. The van der Waals surface area contributed by atoms with Gasteiger partial charge in [0.15, 0.2) is 0 Å². The Morgan fingerprint density at radius 1 is 0.786 bits per heavy atom. The van der Waals surface area contributed by atoms with Crippen molar-refractivity contribution in [2.45, 2.75) is 47.8 Å². The Bertz CT molecular complexity index is 1010. The highest BCUT2D eigenvalue weighted by Crippen LogP contribution is 2.45. The van der Waals surface area contributed by atoms with Crippen molar-refractivity contribution in [3.05, 3.63) is 90.0 Å². The van der Waals surface area contributed by atoms with E-state index in [0.717, 1.165) is 11.5 Å². The summed E-state index contributed by atoms with van der Waals surface area (Å²) in [4.78, 5) is 2.54. The average Bonchev–Trinajstić information content (AvgIpc) is 2.77. The van der Waals surface area contributed by atoms with Gasteiger partial charge in [0.1, 0.15) is 0 Å². The average molecular weight is 384 g/mol. The lowest BCUT2D eigenvalue weighted by Crippen LogP contribution is -2.04. The van der Waals surface area contributed by atoms with Gasteiger partial charge in [-0.1, -0.05) is 80.1 Å². The van der Waals surface area contributed by atoms with E-state index in [1.807, 2.05) is 11.8 Å². The van der Waals surface area contributed by atoms with Crippen LogP contribution in [0.2, 0.25) is 0 Å². The third-order valence-corrected chi connectivity index (χ3v) is 7.19. The summed E-state index contributed by atoms with van der Waals surface area (Å²) in [5, 5.41) is 3.58. The number of hydrogen-bond acceptors (Lipinski definition) is 2. The smallest absolute Gasteiger partial charge is 0.0532 e. The van der Waals surface area contributed by atoms with Crippen LogP contribution in [0.25, 0.3) is 5.57 Å². The highest BCUT2D eigenvalue weighted by atomic mass is 32.2. The van der Waals surface area contributed by atoms with Gasteiger partial charge in [-0.15, -0.1) is 0 Å². The van der Waals surface area contributed by atoms with Crippen LogP contribution in [0.3, 0.4) is 0 Å². The van der Waals surface area contributed by atoms with Crippen molar-refractivity contribution < 1.29 is 0 Å². The highest BCUT2D eigenvalue weighted by Gasteiger charge is 2.17. The molecule has 0 aromatic heterocycles. The van der Waals surface area contributed by atoms with Gasteiger partial charge >= 0.3 is 0 Å². The van der Waals surface area contributed by atoms with Crippen LogP contribution in [-0.4, -0.2) is 0 Å². The number of hydrogen-bond donors (Lipinski definition) is 1. The fraction of sp³-hybridized carbons (Fsp3) is 0.231. The van der Waals surface area contributed by atoms with E-state index in [1.165, 1.54) is 70.0 Å². The minimum Gasteiger partial charge on any atom is -0.354 e. The Hall–Kier alpha value is -2.45. The zero-order valence-corrected chi connectivity index (χ0v) is 16.9. The third kappa shape index (κ3) is 3.38. The van der Waals surface area contributed by atoms with Crippen molar-refractivity contribution in [3.8, 4) is 0 Å². The monoisotopic (exact) mass is 383 g/mol. The first kappa shape index (κ1) is 17.6. The molecule has 1 N–H and O–H groups in total. The van der Waals surface area contributed by atoms with E-state index in [2.05, 4.69) is 78.6 Å². The lowest BCUT2D eigenvalue weighted by molar-refractivity contribution is 0.443. The quantitative estimate of drug-likeness (QED) is 0.384. The molecule has 1 nitrogen and oxygen atoms in total. The second kappa shape index (κ2) is 7.52. The predicted molar refractivity (Wildman–Crippen MR) is 121 cm³/mol. The van der Waals surface area contributed by atoms with E-state index in [0.29, 0.717) is 0 Å². The SMILES string of the molecule is C=C(c1ccc(C2CCCCC2)cc1)c1ccc2c(c1)Nc1ccccc1S2. The maximum Gasteiger partial charge on any atom is 0.0532 e. The van der Waals surface area contributed by atoms with E-state index in [1.54, 1.807) is 0 Å². The fourth-order valence-corrected chi connectivity index (χ4v) is 5.35. The molecule has 0 radical (unpaired) electrons. The third-order valence-electron chi connectivity index (χ3n) is 6.04. The van der Waals surface area contributed by atoms with Crippen molar-refractivity contribution in [2.75, 3.05) is 5.32 Å². The molecule has 1 fully saturated rings. The Morgan fingerprint density at radius 3 is 2.32 bits per heavy atom. The van der Waals surface area contributed by atoms with Crippen LogP contribution in [0.4, 0.5) is 11.4 Å². The van der Waals surface area contributed by atoms with E-state index in [-0.39, 0.29) is 0 Å². The molecule has 2 heteroatoms. The van der Waals surface area contributed by atoms with Gasteiger partial charge in [-0.3, -0.25) is 0 Å². The summed E-state index contributed by atoms with van der Waals surface area (Å²) in [5.41, 5.74) is 7.32. The van der Waals surface area contributed by atoms with Crippen LogP contribution in [-0.2, 0) is 0 Å². The van der Waals surface area contributed by atoms with Crippen LogP contribution in [0.5, 0.6) is 0 Å². The Morgan fingerprint density at radius 2 is 1.50 bits per heavy atom. The first-order valence-corrected chi connectivity index (χ1v) is 11.1. The van der Waals surface area contributed by atoms with Gasteiger partial charge < -0.3 is 5.32 Å². The van der Waals surface area contributed by atoms with Gasteiger partial charge in [0, 0.05) is 9.79 Å². The van der Waals surface area contributed by atoms with E-state index >= 15 is 0 Å². The molecule has 0 spiro atoms. The Balaban J connectivity index is 1.37. The molecule has 0 unspecified atom stereocenters. The predicted octanol–water partition coefficient (Wildman–Crippen LogP) is 8.00. The summed E-state index contributed by atoms with van der Waals surface area (Å²) in [6.07, 6.45) is 6.84. The Kier molecular flexibility index (Phi) is 4.74. The lowest BCUT2D eigenvalue weighted by Gasteiger charge is -2.23. The molecule has 1 aliphatic heterocycles. The van der Waals surface area contributed by atoms with Gasteiger partial charge in [-0.25, -0.2) is 0 Å². The number of rotatable bonds is 3. The van der Waals surface area contributed by atoms with E-state index < -0.39 is 0 Å². The van der Waals surface area contributed by atoms with Gasteiger partial charge in [0.2, 0.25) is 0 Å². The maximum atomic E-state index is 4.40. The number of fused-ring (bicyclic) bond motifs is 2. The normalized spacial score (nSPS) is 16.0. The highest BCUT2D eigenvalue weighted by molar-refractivity contribution is 7.99. The topological polar surface area (TPSA) is 12.0 Å². The molecule has 0 atom stereocenters. The zero-order chi connectivity index (χ0) is 18.9. The minimum atomic E-state index is 0.751. The lowest BCUT2D eigenvalue weighted by atomic mass is 9.83. The molecular formula is C26H25NS. The van der Waals surface area contributed by atoms with Gasteiger partial charge in [0.25, 0.3) is 0 Å². The minimum absolute atomic E-state index is 0.751. The summed E-state index contributed by atoms with van der Waals surface area (Å²) >= 11 is 1.82. The largest absolute Gasteiger partial charge is 0.354 e. The fourth-order valence-electron chi connectivity index (χ4n) is 4.39. The van der Waals surface area contributed by atoms with Crippen LogP contribution in [0.1, 0.15) is 54.7 Å². The van der Waals surface area contributed by atoms with Crippen molar-refractivity contribution in [1.29, 1.82) is 0 Å². The van der Waals surface area contributed by atoms with Gasteiger partial charge in [-0.05, 0) is 65.3 Å². The van der Waals surface area contributed by atoms with Crippen molar-refractivity contribution >= 4 is 28.7 Å². The molecule has 0 bridgehead atoms. The summed E-state index contributed by atoms with van der Waals surface area (Å²) in [6, 6.07) is 24.2. The summed E-state index contributed by atoms with van der Waals surface area (Å²) in [6.45, 7) is 4.40. The molecule has 140 valence electrons. The molecule has 0 amide bonds. The van der Waals surface area contributed by atoms with E-state index in [9.17, 15) is 0 Å². The van der Waals surface area contributed by atoms with Gasteiger partial charge in [-0.2, -0.15) is 0 Å². The number of para-hydroxylation sites is 1. The second-order valence-electron chi connectivity index (χ2n) is 7.87. The van der Waals surface area contributed by atoms with Crippen molar-refractivity contribution in [2.24, 2.45) is 0 Å². The van der Waals surface area contributed by atoms with Crippen molar-refractivity contribution in [1.82, 2.24) is 0 Å². The van der Waals surface area contributed by atoms with Crippen LogP contribution < -0.4 is 5.32 Å². The number of benzene rings is 3. The molecule has 1 heterocycles. The van der Waals surface area contributed by atoms with E-state index in [4.69, 9.17) is 0 Å². The molecular weight excluding hydrogens is 358 g/mol. The summed E-state index contributed by atoms with van der Waals surface area (Å²) in [7, 11) is 0. The molecule has 3 aromatic carbocycles. The molecule has 28 heavy (non-hydrogen) atoms. The molecule has 1 aliphatic carbocycles. The Labute approximate surface area is 171 Å². The van der Waals surface area contributed by atoms with Crippen LogP contribution in [0, 0.1) is 0 Å². The van der Waals surface area contributed by atoms with Crippen molar-refractivity contribution in [3.63, 3.8) is 0 Å². The molecule has 1 saturated carbocycles. The number of nitrogens with one attached hydrogen (secondary N) is 1. The van der Waals surface area contributed by atoms with Gasteiger partial charge in [0.05, 0.1) is 11.4 Å². The first-order chi connectivity index (χ1) is 13.8. The van der Waals surface area contributed by atoms with Crippen LogP contribution >= 0.6 is 11.8 Å². The standard InChI is InChI=1S/C26H25NS/c1-18(19-11-13-21(14-12-19)20-7-3-2-4-8-20)22-15-16-26-24(17-22)27-23-9-5-6-10-25(23)28-26/h5-6,9-17,20,27H,1-4,7-8H2. The summed E-state index contributed by atoms with van der Waals surface area (Å²) in [5.74, 6) is 0.751. The molecule has 2 aliphatic rings. The molecule has 0 saturated heterocycles. The number of anilines is 2. The van der Waals surface area contributed by atoms with Crippen LogP contribution in [0.15, 0.2) is 83.1 Å². The maximum absolute atomic E-state index is 4.40. The molecule has 5 rings (SSSR count). The zero-order valence-electron chi connectivity index (χ0n) is 16.1.